The zero-order valence-electron chi connectivity index (χ0n) is 26.0. The Bertz CT molecular complexity index is 1680. The summed E-state index contributed by atoms with van der Waals surface area (Å²) in [4.78, 5) is 17.8. The molecule has 0 amide bonds. The zero-order valence-corrected chi connectivity index (χ0v) is 26.7. The van der Waals surface area contributed by atoms with E-state index in [0.29, 0.717) is 31.9 Å². The van der Waals surface area contributed by atoms with Crippen LogP contribution in [0.25, 0.3) is 22.2 Å². The number of aromatic nitrogens is 3. The van der Waals surface area contributed by atoms with Gasteiger partial charge in [-0.25, -0.2) is 13.8 Å². The number of ether oxygens (including phenoxy) is 2. The van der Waals surface area contributed by atoms with E-state index in [1.54, 1.807) is 0 Å². The van der Waals surface area contributed by atoms with Crippen molar-refractivity contribution in [3.63, 3.8) is 0 Å². The molecule has 2 saturated heterocycles. The minimum Gasteiger partial charge on any atom is -0.477 e. The topological polar surface area (TPSA) is 102 Å². The van der Waals surface area contributed by atoms with Gasteiger partial charge in [0.2, 0.25) is 5.88 Å². The molecule has 15 heteroatoms. The Morgan fingerprint density at radius 1 is 1.17 bits per heavy atom. The fourth-order valence-corrected chi connectivity index (χ4v) is 8.38. The molecule has 4 atom stereocenters. The normalized spacial score (nSPS) is 26.1. The van der Waals surface area contributed by atoms with Gasteiger partial charge in [0.05, 0.1) is 22.7 Å². The maximum atomic E-state index is 16.8. The van der Waals surface area contributed by atoms with Crippen LogP contribution in [0, 0.1) is 11.7 Å². The van der Waals surface area contributed by atoms with Gasteiger partial charge in [-0.3, -0.25) is 4.90 Å². The SMILES string of the molecule is CNCCN1c2nc(OC[C@@]34CCCN3C[C@H](F)C4)nc3c(F)c(-c4cc(N)cc(Cl)c4C(F)(F)F)nc(c23)OCC2CCCCC21. The number of nitrogens with two attached hydrogens (primary N) is 1. The van der Waals surface area contributed by atoms with Gasteiger partial charge >= 0.3 is 12.2 Å². The Morgan fingerprint density at radius 2 is 1.98 bits per heavy atom. The number of nitrogen functional groups attached to an aromatic ring is 1. The minimum absolute atomic E-state index is 0.00884. The third-order valence-electron chi connectivity index (χ3n) is 10.2. The van der Waals surface area contributed by atoms with Crippen LogP contribution in [0.5, 0.6) is 11.9 Å². The van der Waals surface area contributed by atoms with E-state index in [1.807, 2.05) is 7.05 Å². The smallest absolute Gasteiger partial charge is 0.418 e. The van der Waals surface area contributed by atoms with Crippen molar-refractivity contribution in [2.75, 3.05) is 57.1 Å². The number of fused-ring (bicyclic) bond motifs is 2. The number of halogens is 6. The van der Waals surface area contributed by atoms with Crippen molar-refractivity contribution in [1.29, 1.82) is 0 Å². The van der Waals surface area contributed by atoms with E-state index in [1.165, 1.54) is 0 Å². The largest absolute Gasteiger partial charge is 0.477 e. The highest BCUT2D eigenvalue weighted by atomic mass is 35.5. The predicted octanol–water partition coefficient (Wildman–Crippen LogP) is 6.02. The molecule has 1 aromatic carbocycles. The molecule has 0 spiro atoms. The van der Waals surface area contributed by atoms with Gasteiger partial charge in [-0.2, -0.15) is 23.1 Å². The molecule has 4 aliphatic rings. The molecular formula is C32H37ClF5N7O2. The fraction of sp³-hybridized carbons (Fsp3) is 0.594. The molecule has 2 aromatic heterocycles. The highest BCUT2D eigenvalue weighted by Gasteiger charge is 2.49. The summed E-state index contributed by atoms with van der Waals surface area (Å²) in [7, 11) is 1.83. The lowest BCUT2D eigenvalue weighted by Crippen LogP contribution is -2.48. The van der Waals surface area contributed by atoms with Crippen LogP contribution in [0.1, 0.15) is 50.5 Å². The van der Waals surface area contributed by atoms with Crippen LogP contribution in [0.3, 0.4) is 0 Å². The van der Waals surface area contributed by atoms with Crippen molar-refractivity contribution < 1.29 is 31.4 Å². The van der Waals surface area contributed by atoms with Gasteiger partial charge in [-0.1, -0.05) is 24.4 Å². The van der Waals surface area contributed by atoms with Crippen LogP contribution in [-0.4, -0.2) is 84.0 Å². The van der Waals surface area contributed by atoms with Crippen LogP contribution in [0.2, 0.25) is 5.02 Å². The molecule has 5 heterocycles. The number of anilines is 2. The Hall–Kier alpha value is -3.23. The van der Waals surface area contributed by atoms with E-state index in [4.69, 9.17) is 31.8 Å². The lowest BCUT2D eigenvalue weighted by molar-refractivity contribution is -0.137. The van der Waals surface area contributed by atoms with Gasteiger partial charge in [-0.05, 0) is 51.4 Å². The van der Waals surface area contributed by atoms with E-state index in [0.717, 1.165) is 57.2 Å². The molecule has 7 rings (SSSR count). The van der Waals surface area contributed by atoms with Crippen molar-refractivity contribution in [3.8, 4) is 23.1 Å². The van der Waals surface area contributed by atoms with E-state index in [9.17, 15) is 17.6 Å². The number of nitrogens with one attached hydrogen (secondary N) is 1. The van der Waals surface area contributed by atoms with Gasteiger partial charge in [0.25, 0.3) is 0 Å². The molecule has 1 aliphatic carbocycles. The number of likely N-dealkylation sites (N-methyl/N-ethyl adjacent to an activating group) is 1. The van der Waals surface area contributed by atoms with Gasteiger partial charge in [0.1, 0.15) is 35.2 Å². The summed E-state index contributed by atoms with van der Waals surface area (Å²) in [6.07, 6.45) is -0.265. The Labute approximate surface area is 274 Å². The molecule has 2 unspecified atom stereocenters. The van der Waals surface area contributed by atoms with Gasteiger partial charge in [0, 0.05) is 49.3 Å². The molecule has 3 aromatic rings. The molecule has 0 radical (unpaired) electrons. The number of hydrogen-bond donors (Lipinski definition) is 2. The molecule has 0 bridgehead atoms. The fourth-order valence-electron chi connectivity index (χ4n) is 8.05. The molecule has 254 valence electrons. The van der Waals surface area contributed by atoms with Crippen LogP contribution in [-0.2, 0) is 6.18 Å². The summed E-state index contributed by atoms with van der Waals surface area (Å²) >= 11 is 6.05. The maximum Gasteiger partial charge on any atom is 0.418 e. The summed E-state index contributed by atoms with van der Waals surface area (Å²) in [5.41, 5.74) is 2.45. The Morgan fingerprint density at radius 3 is 2.77 bits per heavy atom. The number of nitrogens with zero attached hydrogens (tertiary/aromatic N) is 5. The predicted molar refractivity (Wildman–Crippen MR) is 168 cm³/mol. The first-order valence-corrected chi connectivity index (χ1v) is 16.5. The third kappa shape index (κ3) is 5.79. The van der Waals surface area contributed by atoms with Crippen molar-refractivity contribution in [2.45, 2.75) is 68.9 Å². The molecule has 1 saturated carbocycles. The highest BCUT2D eigenvalue weighted by molar-refractivity contribution is 6.32. The lowest BCUT2D eigenvalue weighted by atomic mass is 9.83. The van der Waals surface area contributed by atoms with Crippen molar-refractivity contribution in [1.82, 2.24) is 25.2 Å². The standard InChI is InChI=1S/C32H37ClF5N7O2/c1-40-8-10-45-22-6-3-2-5-17(22)15-46-29-23-27(25(35)26(41-29)20-11-19(39)12-21(33)24(20)32(36,37)38)42-30(43-28(23)45)47-16-31-7-4-9-44(31)14-18(34)13-31/h11-12,17-18,22,40H,2-10,13-16,39H2,1H3/t17?,18-,22?,31+/m1/s1. The van der Waals surface area contributed by atoms with E-state index < -0.39 is 45.5 Å². The molecule has 3 aliphatic heterocycles. The third-order valence-corrected chi connectivity index (χ3v) is 10.5. The van der Waals surface area contributed by atoms with Gasteiger partial charge in [0.15, 0.2) is 5.82 Å². The molecular weight excluding hydrogens is 645 g/mol. The first kappa shape index (κ1) is 32.3. The number of benzene rings is 1. The van der Waals surface area contributed by atoms with Crippen LogP contribution < -0.4 is 25.4 Å². The van der Waals surface area contributed by atoms with Crippen LogP contribution in [0.15, 0.2) is 12.1 Å². The molecule has 9 nitrogen and oxygen atoms in total. The average molecular weight is 682 g/mol. The van der Waals surface area contributed by atoms with Crippen LogP contribution in [0.4, 0.5) is 33.5 Å². The second-order valence-corrected chi connectivity index (χ2v) is 13.5. The number of hydrogen-bond acceptors (Lipinski definition) is 9. The lowest BCUT2D eigenvalue weighted by Gasteiger charge is -2.42. The second-order valence-electron chi connectivity index (χ2n) is 13.1. The molecule has 3 fully saturated rings. The number of rotatable bonds is 7. The summed E-state index contributed by atoms with van der Waals surface area (Å²) in [6.45, 7) is 2.50. The van der Waals surface area contributed by atoms with E-state index in [2.05, 4.69) is 25.1 Å². The van der Waals surface area contributed by atoms with E-state index >= 15 is 4.39 Å². The monoisotopic (exact) mass is 681 g/mol. The summed E-state index contributed by atoms with van der Waals surface area (Å²) in [5.74, 6) is -0.800. The second kappa shape index (κ2) is 12.3. The van der Waals surface area contributed by atoms with Crippen molar-refractivity contribution >= 4 is 34.0 Å². The van der Waals surface area contributed by atoms with Crippen molar-refractivity contribution in [3.05, 3.63) is 28.5 Å². The average Bonchev–Trinajstić information content (AvgIpc) is 3.54. The number of pyridine rings is 1. The Kier molecular flexibility index (Phi) is 8.49. The molecule has 47 heavy (non-hydrogen) atoms. The summed E-state index contributed by atoms with van der Waals surface area (Å²) in [5, 5.41) is 2.63. The van der Waals surface area contributed by atoms with Gasteiger partial charge < -0.3 is 25.4 Å². The van der Waals surface area contributed by atoms with Crippen molar-refractivity contribution in [2.24, 2.45) is 5.92 Å². The summed E-state index contributed by atoms with van der Waals surface area (Å²) < 4.78 is 86.9. The summed E-state index contributed by atoms with van der Waals surface area (Å²) in [6, 6.07) is 1.82. The zero-order chi connectivity index (χ0) is 33.1. The quantitative estimate of drug-likeness (QED) is 0.229. The van der Waals surface area contributed by atoms with E-state index in [-0.39, 0.29) is 53.7 Å². The number of alkyl halides is 4. The van der Waals surface area contributed by atoms with Gasteiger partial charge in [-0.15, -0.1) is 0 Å². The van der Waals surface area contributed by atoms with Crippen LogP contribution >= 0.6 is 11.6 Å². The molecule has 3 N–H and O–H groups in total. The Balaban J connectivity index is 1.44. The maximum absolute atomic E-state index is 16.8. The first-order valence-electron chi connectivity index (χ1n) is 16.1. The first-order chi connectivity index (χ1) is 22.5. The minimum atomic E-state index is -4.94. The highest BCUT2D eigenvalue weighted by Crippen LogP contribution is 2.47.